The molecule has 0 radical (unpaired) electrons. The minimum absolute atomic E-state index is 0.0696. The predicted octanol–water partition coefficient (Wildman–Crippen LogP) is 2.20. The number of rotatable bonds is 7. The molecule has 1 aliphatic carbocycles. The smallest absolute Gasteiger partial charge is 0.235 e. The molecule has 1 amide bonds. The molecule has 0 atom stereocenters. The molecule has 2 aliphatic rings. The van der Waals surface area contributed by atoms with Crippen molar-refractivity contribution in [1.82, 2.24) is 10.2 Å². The van der Waals surface area contributed by atoms with Crippen molar-refractivity contribution in [3.63, 3.8) is 0 Å². The SMILES string of the molecule is CS(=O)(=O)CC(=O)NC1CCC(CCN2CCN(c3cccc(F)c3F)CC2)CC1. The molecule has 1 aromatic carbocycles. The van der Waals surface area contributed by atoms with Crippen molar-refractivity contribution >= 4 is 21.4 Å². The number of nitrogens with zero attached hydrogens (tertiary/aromatic N) is 2. The lowest BCUT2D eigenvalue weighted by molar-refractivity contribution is -0.119. The molecular formula is C21H31F2N3O3S. The number of sulfone groups is 1. The monoisotopic (exact) mass is 443 g/mol. The first-order chi connectivity index (χ1) is 14.2. The summed E-state index contributed by atoms with van der Waals surface area (Å²) in [6.07, 6.45) is 5.96. The van der Waals surface area contributed by atoms with Crippen LogP contribution in [0.15, 0.2) is 18.2 Å². The van der Waals surface area contributed by atoms with E-state index in [0.717, 1.165) is 64.1 Å². The second-order valence-corrected chi connectivity index (χ2v) is 10.7. The minimum Gasteiger partial charge on any atom is -0.367 e. The molecule has 0 spiro atoms. The lowest BCUT2D eigenvalue weighted by Gasteiger charge is -2.37. The molecule has 0 bridgehead atoms. The number of carbonyl (C=O) groups is 1. The fourth-order valence-corrected chi connectivity index (χ4v) is 4.98. The highest BCUT2D eigenvalue weighted by Crippen LogP contribution is 2.28. The van der Waals surface area contributed by atoms with E-state index >= 15 is 0 Å². The Morgan fingerprint density at radius 1 is 1.10 bits per heavy atom. The van der Waals surface area contributed by atoms with Gasteiger partial charge >= 0.3 is 0 Å². The Morgan fingerprint density at radius 3 is 2.40 bits per heavy atom. The van der Waals surface area contributed by atoms with Gasteiger partial charge in [-0.1, -0.05) is 6.07 Å². The minimum atomic E-state index is -3.29. The Morgan fingerprint density at radius 2 is 1.77 bits per heavy atom. The molecule has 1 aliphatic heterocycles. The maximum Gasteiger partial charge on any atom is 0.235 e. The van der Waals surface area contributed by atoms with Crippen LogP contribution >= 0.6 is 0 Å². The third-order valence-corrected chi connectivity index (χ3v) is 6.89. The first-order valence-corrected chi connectivity index (χ1v) is 12.7. The normalized spacial score (nSPS) is 23.4. The van der Waals surface area contributed by atoms with E-state index in [1.54, 1.807) is 12.1 Å². The Bertz CT molecular complexity index is 834. The predicted molar refractivity (Wildman–Crippen MR) is 113 cm³/mol. The molecular weight excluding hydrogens is 412 g/mol. The van der Waals surface area contributed by atoms with Crippen LogP contribution in [0, 0.1) is 17.6 Å². The van der Waals surface area contributed by atoms with E-state index in [4.69, 9.17) is 0 Å². The highest BCUT2D eigenvalue weighted by atomic mass is 32.2. The molecule has 3 rings (SSSR count). The number of halogens is 2. The van der Waals surface area contributed by atoms with Crippen LogP contribution in [0.25, 0.3) is 0 Å². The fraction of sp³-hybridized carbons (Fsp3) is 0.667. The van der Waals surface area contributed by atoms with Gasteiger partial charge in [-0.25, -0.2) is 17.2 Å². The van der Waals surface area contributed by atoms with Gasteiger partial charge in [0.25, 0.3) is 0 Å². The van der Waals surface area contributed by atoms with Crippen molar-refractivity contribution in [2.75, 3.05) is 49.6 Å². The fourth-order valence-electron chi connectivity index (χ4n) is 4.42. The summed E-state index contributed by atoms with van der Waals surface area (Å²) in [4.78, 5) is 16.0. The zero-order chi connectivity index (χ0) is 21.7. The molecule has 1 N–H and O–H groups in total. The summed E-state index contributed by atoms with van der Waals surface area (Å²) in [5.41, 5.74) is 0.339. The maximum atomic E-state index is 14.0. The quantitative estimate of drug-likeness (QED) is 0.700. The number of carbonyl (C=O) groups excluding carboxylic acids is 1. The van der Waals surface area contributed by atoms with Gasteiger partial charge in [0.1, 0.15) is 5.75 Å². The lowest BCUT2D eigenvalue weighted by Crippen LogP contribution is -2.47. The van der Waals surface area contributed by atoms with E-state index < -0.39 is 33.1 Å². The molecule has 1 aromatic rings. The van der Waals surface area contributed by atoms with Crippen LogP contribution in [0.4, 0.5) is 14.5 Å². The van der Waals surface area contributed by atoms with Crippen molar-refractivity contribution in [3.05, 3.63) is 29.8 Å². The highest BCUT2D eigenvalue weighted by Gasteiger charge is 2.25. The molecule has 2 fully saturated rings. The Hall–Kier alpha value is -1.74. The van der Waals surface area contributed by atoms with Crippen molar-refractivity contribution in [2.24, 2.45) is 5.92 Å². The molecule has 1 saturated heterocycles. The second-order valence-electron chi connectivity index (χ2n) is 8.55. The number of anilines is 1. The second kappa shape index (κ2) is 10.0. The number of nitrogens with one attached hydrogen (secondary N) is 1. The summed E-state index contributed by atoms with van der Waals surface area (Å²) in [6.45, 7) is 3.99. The molecule has 0 aromatic heterocycles. The average molecular weight is 444 g/mol. The zero-order valence-corrected chi connectivity index (χ0v) is 18.3. The van der Waals surface area contributed by atoms with E-state index in [2.05, 4.69) is 10.2 Å². The maximum absolute atomic E-state index is 14.0. The van der Waals surface area contributed by atoms with Gasteiger partial charge in [-0.05, 0) is 56.7 Å². The van der Waals surface area contributed by atoms with Gasteiger partial charge in [-0.2, -0.15) is 0 Å². The van der Waals surface area contributed by atoms with Crippen LogP contribution in [0.5, 0.6) is 0 Å². The number of benzene rings is 1. The third kappa shape index (κ3) is 6.63. The van der Waals surface area contributed by atoms with Crippen molar-refractivity contribution in [2.45, 2.75) is 38.1 Å². The van der Waals surface area contributed by atoms with Gasteiger partial charge in [0, 0.05) is 38.5 Å². The molecule has 168 valence electrons. The molecule has 1 heterocycles. The number of hydrogen-bond donors (Lipinski definition) is 1. The van der Waals surface area contributed by atoms with E-state index in [0.29, 0.717) is 24.7 Å². The first kappa shape index (κ1) is 22.9. The topological polar surface area (TPSA) is 69.7 Å². The van der Waals surface area contributed by atoms with Gasteiger partial charge in [0.2, 0.25) is 5.91 Å². The number of hydrogen-bond acceptors (Lipinski definition) is 5. The summed E-state index contributed by atoms with van der Waals surface area (Å²) in [7, 11) is -3.29. The van der Waals surface area contributed by atoms with E-state index in [1.807, 2.05) is 4.90 Å². The van der Waals surface area contributed by atoms with Crippen LogP contribution in [0.1, 0.15) is 32.1 Å². The van der Waals surface area contributed by atoms with Crippen molar-refractivity contribution in [3.8, 4) is 0 Å². The summed E-state index contributed by atoms with van der Waals surface area (Å²) in [6, 6.07) is 4.38. The third-order valence-electron chi connectivity index (χ3n) is 6.10. The Labute approximate surface area is 177 Å². The zero-order valence-electron chi connectivity index (χ0n) is 17.4. The van der Waals surface area contributed by atoms with Crippen molar-refractivity contribution < 1.29 is 22.0 Å². The van der Waals surface area contributed by atoms with E-state index in [-0.39, 0.29) is 6.04 Å². The van der Waals surface area contributed by atoms with E-state index in [9.17, 15) is 22.0 Å². The molecule has 0 unspecified atom stereocenters. The molecule has 6 nitrogen and oxygen atoms in total. The van der Waals surface area contributed by atoms with Crippen LogP contribution in [0.2, 0.25) is 0 Å². The first-order valence-electron chi connectivity index (χ1n) is 10.6. The summed E-state index contributed by atoms with van der Waals surface area (Å²) in [5.74, 6) is -1.83. The number of piperazine rings is 1. The highest BCUT2D eigenvalue weighted by molar-refractivity contribution is 7.91. The standard InChI is InChI=1S/C21H31F2N3O3S/c1-30(28,29)15-20(27)24-17-7-5-16(6-8-17)9-10-25-11-13-26(14-12-25)19-4-2-3-18(22)21(19)23/h2-4,16-17H,5-15H2,1H3,(H,24,27). The molecule has 9 heteroatoms. The van der Waals surface area contributed by atoms with Crippen LogP contribution in [0.3, 0.4) is 0 Å². The van der Waals surface area contributed by atoms with Gasteiger partial charge in [-0.3, -0.25) is 9.69 Å². The average Bonchev–Trinajstić information content (AvgIpc) is 2.69. The van der Waals surface area contributed by atoms with Gasteiger partial charge < -0.3 is 10.2 Å². The largest absolute Gasteiger partial charge is 0.367 e. The van der Waals surface area contributed by atoms with Crippen LogP contribution in [-0.4, -0.2) is 70.0 Å². The lowest BCUT2D eigenvalue weighted by atomic mass is 9.84. The van der Waals surface area contributed by atoms with Gasteiger partial charge in [0.15, 0.2) is 21.5 Å². The summed E-state index contributed by atoms with van der Waals surface area (Å²) in [5, 5.41) is 2.84. The summed E-state index contributed by atoms with van der Waals surface area (Å²) >= 11 is 0. The van der Waals surface area contributed by atoms with Crippen LogP contribution < -0.4 is 10.2 Å². The molecule has 1 saturated carbocycles. The Balaban J connectivity index is 1.35. The summed E-state index contributed by atoms with van der Waals surface area (Å²) < 4.78 is 49.8. The molecule has 30 heavy (non-hydrogen) atoms. The van der Waals surface area contributed by atoms with Crippen LogP contribution in [-0.2, 0) is 14.6 Å². The Kier molecular flexibility index (Phi) is 7.68. The van der Waals surface area contributed by atoms with Gasteiger partial charge in [0.05, 0.1) is 5.69 Å². The number of amides is 1. The van der Waals surface area contributed by atoms with Gasteiger partial charge in [-0.15, -0.1) is 0 Å². The van der Waals surface area contributed by atoms with Crippen molar-refractivity contribution in [1.29, 1.82) is 0 Å². The van der Waals surface area contributed by atoms with E-state index in [1.165, 1.54) is 0 Å².